The van der Waals surface area contributed by atoms with Crippen LogP contribution in [-0.4, -0.2) is 25.9 Å². The van der Waals surface area contributed by atoms with Crippen LogP contribution in [0, 0.1) is 17.0 Å². The summed E-state index contributed by atoms with van der Waals surface area (Å²) in [5.74, 6) is 0. The van der Waals surface area contributed by atoms with E-state index in [-0.39, 0.29) is 5.69 Å². The summed E-state index contributed by atoms with van der Waals surface area (Å²) in [5.41, 5.74) is 0.627. The van der Waals surface area contributed by atoms with Gasteiger partial charge in [0.25, 0.3) is 5.69 Å². The maximum absolute atomic E-state index is 10.7. The number of aromatic nitrogens is 2. The van der Waals surface area contributed by atoms with E-state index in [9.17, 15) is 14.9 Å². The number of nitrogens with zero attached hydrogens (tertiary/aromatic N) is 3. The quantitative estimate of drug-likeness (QED) is 0.584. The Labute approximate surface area is 89.1 Å². The molecule has 1 aromatic carbocycles. The molecule has 0 fully saturated rings. The van der Waals surface area contributed by atoms with E-state index in [0.717, 1.165) is 4.68 Å². The average molecular weight is 221 g/mol. The van der Waals surface area contributed by atoms with Gasteiger partial charge in [0.15, 0.2) is 0 Å². The zero-order valence-electron chi connectivity index (χ0n) is 8.25. The number of aryl methyl sites for hydroxylation is 1. The van der Waals surface area contributed by atoms with E-state index >= 15 is 0 Å². The molecule has 2 aromatic rings. The van der Waals surface area contributed by atoms with Crippen molar-refractivity contribution in [2.45, 2.75) is 6.92 Å². The van der Waals surface area contributed by atoms with Gasteiger partial charge < -0.3 is 5.11 Å². The second-order valence-electron chi connectivity index (χ2n) is 3.26. The van der Waals surface area contributed by atoms with Crippen LogP contribution in [0.2, 0.25) is 0 Å². The van der Waals surface area contributed by atoms with E-state index in [1.165, 1.54) is 18.3 Å². The highest BCUT2D eigenvalue weighted by Crippen LogP contribution is 2.25. The normalized spacial score (nSPS) is 10.6. The summed E-state index contributed by atoms with van der Waals surface area (Å²) in [6, 6.07) is 2.82. The molecule has 0 bridgehead atoms. The summed E-state index contributed by atoms with van der Waals surface area (Å²) < 4.78 is 0.737. The molecule has 82 valence electrons. The van der Waals surface area contributed by atoms with E-state index in [1.807, 2.05) is 0 Å². The minimum Gasteiger partial charge on any atom is -0.463 e. The molecule has 0 saturated carbocycles. The van der Waals surface area contributed by atoms with Crippen molar-refractivity contribution in [3.8, 4) is 0 Å². The van der Waals surface area contributed by atoms with Crippen molar-refractivity contribution >= 4 is 22.7 Å². The Balaban J connectivity index is 2.74. The Morgan fingerprint density at radius 3 is 2.81 bits per heavy atom. The third kappa shape index (κ3) is 1.38. The average Bonchev–Trinajstić information content (AvgIpc) is 2.62. The molecule has 0 amide bonds. The number of nitro groups is 1. The molecule has 0 radical (unpaired) electrons. The summed E-state index contributed by atoms with van der Waals surface area (Å²) in [7, 11) is 0. The molecule has 0 unspecified atom stereocenters. The lowest BCUT2D eigenvalue weighted by atomic mass is 10.1. The molecule has 0 aliphatic heterocycles. The van der Waals surface area contributed by atoms with Gasteiger partial charge in [-0.15, -0.1) is 0 Å². The third-order valence-electron chi connectivity index (χ3n) is 2.30. The first-order chi connectivity index (χ1) is 7.50. The predicted molar refractivity (Wildman–Crippen MR) is 54.5 cm³/mol. The Bertz CT molecular complexity index is 602. The van der Waals surface area contributed by atoms with Crippen LogP contribution in [0.4, 0.5) is 10.5 Å². The summed E-state index contributed by atoms with van der Waals surface area (Å²) in [6.07, 6.45) is 0.0900. The van der Waals surface area contributed by atoms with Crippen molar-refractivity contribution in [1.82, 2.24) is 9.78 Å². The smallest absolute Gasteiger partial charge is 0.432 e. The molecule has 0 saturated heterocycles. The topological polar surface area (TPSA) is 98.3 Å². The van der Waals surface area contributed by atoms with Crippen LogP contribution in [0.3, 0.4) is 0 Å². The van der Waals surface area contributed by atoms with Gasteiger partial charge in [0, 0.05) is 17.6 Å². The first kappa shape index (κ1) is 10.1. The minimum absolute atomic E-state index is 0.0665. The highest BCUT2D eigenvalue weighted by atomic mass is 16.6. The maximum Gasteiger partial charge on any atom is 0.432 e. The Kier molecular flexibility index (Phi) is 2.08. The van der Waals surface area contributed by atoms with Crippen molar-refractivity contribution in [3.63, 3.8) is 0 Å². The molecule has 0 atom stereocenters. The fourth-order valence-corrected chi connectivity index (χ4v) is 1.51. The number of hydrogen-bond acceptors (Lipinski definition) is 4. The van der Waals surface area contributed by atoms with E-state index in [1.54, 1.807) is 6.92 Å². The van der Waals surface area contributed by atoms with E-state index in [4.69, 9.17) is 5.11 Å². The van der Waals surface area contributed by atoms with Crippen LogP contribution in [0.5, 0.6) is 0 Å². The molecule has 0 aliphatic carbocycles. The summed E-state index contributed by atoms with van der Waals surface area (Å²) >= 11 is 0. The molecular weight excluding hydrogens is 214 g/mol. The van der Waals surface area contributed by atoms with Gasteiger partial charge >= 0.3 is 6.09 Å². The molecule has 7 heteroatoms. The highest BCUT2D eigenvalue weighted by molar-refractivity contribution is 5.87. The van der Waals surface area contributed by atoms with Crippen LogP contribution in [0.25, 0.3) is 10.9 Å². The van der Waals surface area contributed by atoms with Gasteiger partial charge in [0.2, 0.25) is 0 Å². The van der Waals surface area contributed by atoms with Crippen molar-refractivity contribution < 1.29 is 14.8 Å². The van der Waals surface area contributed by atoms with Gasteiger partial charge in [0.1, 0.15) is 5.52 Å². The predicted octanol–water partition coefficient (Wildman–Crippen LogP) is 1.78. The van der Waals surface area contributed by atoms with Crippen LogP contribution >= 0.6 is 0 Å². The summed E-state index contributed by atoms with van der Waals surface area (Å²) in [5, 5.41) is 23.7. The fraction of sp³-hybridized carbons (Fsp3) is 0.111. The summed E-state index contributed by atoms with van der Waals surface area (Å²) in [6.45, 7) is 1.54. The molecule has 0 aliphatic rings. The van der Waals surface area contributed by atoms with Crippen LogP contribution in [-0.2, 0) is 0 Å². The largest absolute Gasteiger partial charge is 0.463 e. The monoisotopic (exact) mass is 221 g/mol. The number of nitro benzene ring substituents is 1. The second kappa shape index (κ2) is 3.30. The Hall–Kier alpha value is -2.44. The van der Waals surface area contributed by atoms with Gasteiger partial charge in [-0.25, -0.2) is 4.79 Å². The maximum atomic E-state index is 10.7. The molecule has 1 heterocycles. The molecule has 16 heavy (non-hydrogen) atoms. The van der Waals surface area contributed by atoms with Crippen LogP contribution < -0.4 is 0 Å². The third-order valence-corrected chi connectivity index (χ3v) is 2.30. The fourth-order valence-electron chi connectivity index (χ4n) is 1.51. The van der Waals surface area contributed by atoms with Crippen molar-refractivity contribution in [2.24, 2.45) is 0 Å². The van der Waals surface area contributed by atoms with E-state index in [0.29, 0.717) is 16.5 Å². The summed E-state index contributed by atoms with van der Waals surface area (Å²) in [4.78, 5) is 20.8. The number of hydrogen-bond donors (Lipinski definition) is 1. The van der Waals surface area contributed by atoms with Gasteiger partial charge in [-0.2, -0.15) is 9.78 Å². The van der Waals surface area contributed by atoms with Crippen molar-refractivity contribution in [3.05, 3.63) is 34.0 Å². The first-order valence-corrected chi connectivity index (χ1v) is 4.37. The number of fused-ring (bicyclic) bond motifs is 1. The van der Waals surface area contributed by atoms with Gasteiger partial charge in [-0.1, -0.05) is 0 Å². The van der Waals surface area contributed by atoms with Gasteiger partial charge in [0.05, 0.1) is 10.5 Å². The van der Waals surface area contributed by atoms with Gasteiger partial charge in [-0.3, -0.25) is 10.1 Å². The standard InChI is InChI=1S/C9H7N3O4/c1-5-7(12(15)16)3-2-6-4-11(9(13)14)10-8(5)6/h2-4H,1H3,(H,13,14). The number of benzene rings is 1. The Morgan fingerprint density at radius 2 is 2.25 bits per heavy atom. The molecule has 0 spiro atoms. The zero-order valence-corrected chi connectivity index (χ0v) is 8.25. The molecule has 1 N–H and O–H groups in total. The number of carboxylic acid groups (broad SMARTS) is 1. The van der Waals surface area contributed by atoms with Crippen LogP contribution in [0.15, 0.2) is 18.3 Å². The lowest BCUT2D eigenvalue weighted by Crippen LogP contribution is -2.07. The molecular formula is C9H7N3O4. The Morgan fingerprint density at radius 1 is 1.56 bits per heavy atom. The van der Waals surface area contributed by atoms with Gasteiger partial charge in [-0.05, 0) is 13.0 Å². The molecule has 2 rings (SSSR count). The zero-order chi connectivity index (χ0) is 11.9. The van der Waals surface area contributed by atoms with Crippen molar-refractivity contribution in [1.29, 1.82) is 0 Å². The molecule has 1 aromatic heterocycles. The minimum atomic E-state index is -1.22. The number of rotatable bonds is 1. The SMILES string of the molecule is Cc1c([N+](=O)[O-])ccc2cn(C(=O)O)nc12. The second-order valence-corrected chi connectivity index (χ2v) is 3.26. The van der Waals surface area contributed by atoms with Crippen molar-refractivity contribution in [2.75, 3.05) is 0 Å². The lowest BCUT2D eigenvalue weighted by Gasteiger charge is -1.96. The van der Waals surface area contributed by atoms with Crippen LogP contribution in [0.1, 0.15) is 5.56 Å². The molecule has 7 nitrogen and oxygen atoms in total. The highest BCUT2D eigenvalue weighted by Gasteiger charge is 2.16. The first-order valence-electron chi connectivity index (χ1n) is 4.37. The van der Waals surface area contributed by atoms with E-state index < -0.39 is 11.0 Å². The number of carbonyl (C=O) groups is 1. The lowest BCUT2D eigenvalue weighted by molar-refractivity contribution is -0.385. The van der Waals surface area contributed by atoms with E-state index in [2.05, 4.69) is 5.10 Å².